The van der Waals surface area contributed by atoms with Crippen LogP contribution in [-0.2, 0) is 11.3 Å². The molecule has 6 nitrogen and oxygen atoms in total. The van der Waals surface area contributed by atoms with Crippen LogP contribution in [0.4, 0.5) is 5.95 Å². The Morgan fingerprint density at radius 3 is 2.62 bits per heavy atom. The molecule has 0 bridgehead atoms. The number of hydrogen-bond donors (Lipinski definition) is 2. The Balaban J connectivity index is 1.48. The fourth-order valence-electron chi connectivity index (χ4n) is 3.30. The number of aryl methyl sites for hydroxylation is 2. The van der Waals surface area contributed by atoms with Gasteiger partial charge >= 0.3 is 0 Å². The Morgan fingerprint density at radius 1 is 1.10 bits per heavy atom. The van der Waals surface area contributed by atoms with Crippen LogP contribution in [0.5, 0.6) is 0 Å². The highest BCUT2D eigenvalue weighted by Gasteiger charge is 2.10. The highest BCUT2D eigenvalue weighted by Crippen LogP contribution is 2.17. The van der Waals surface area contributed by atoms with Crippen LogP contribution in [-0.4, -0.2) is 25.7 Å². The molecule has 0 aliphatic carbocycles. The van der Waals surface area contributed by atoms with Crippen molar-refractivity contribution < 1.29 is 4.79 Å². The largest absolute Gasteiger partial charge is 0.324 e. The molecule has 2 aromatic carbocycles. The average molecular weight is 385 g/mol. The fraction of sp³-hybridized carbons (Fsp3) is 0.174. The number of aromatic nitrogens is 4. The first kappa shape index (κ1) is 18.7. The summed E-state index contributed by atoms with van der Waals surface area (Å²) in [6.07, 6.45) is 3.32. The van der Waals surface area contributed by atoms with Gasteiger partial charge in [-0.15, -0.1) is 0 Å². The molecule has 0 aliphatic heterocycles. The molecule has 0 unspecified atom stereocenters. The van der Waals surface area contributed by atoms with Gasteiger partial charge < -0.3 is 4.98 Å². The van der Waals surface area contributed by atoms with E-state index in [1.165, 1.54) is 17.2 Å². The van der Waals surface area contributed by atoms with Crippen molar-refractivity contribution in [3.8, 4) is 0 Å². The second-order valence-electron chi connectivity index (χ2n) is 7.15. The first-order valence-electron chi connectivity index (χ1n) is 9.53. The minimum atomic E-state index is -0.242. The number of carbonyl (C=O) groups excluding carboxylic acids is 1. The molecule has 2 aromatic heterocycles. The summed E-state index contributed by atoms with van der Waals surface area (Å²) in [5.74, 6) is 0.193. The number of nitrogens with zero attached hydrogens (tertiary/aromatic N) is 3. The Morgan fingerprint density at radius 2 is 1.86 bits per heavy atom. The maximum absolute atomic E-state index is 12.3. The van der Waals surface area contributed by atoms with Crippen molar-refractivity contribution in [2.75, 3.05) is 5.32 Å². The van der Waals surface area contributed by atoms with Gasteiger partial charge in [0.25, 0.3) is 5.91 Å². The van der Waals surface area contributed by atoms with Crippen LogP contribution >= 0.6 is 0 Å². The zero-order chi connectivity index (χ0) is 20.4. The molecule has 0 aliphatic rings. The van der Waals surface area contributed by atoms with Crippen LogP contribution in [0.15, 0.2) is 54.6 Å². The van der Waals surface area contributed by atoms with Crippen LogP contribution < -0.4 is 5.32 Å². The lowest BCUT2D eigenvalue weighted by Crippen LogP contribution is -2.09. The lowest BCUT2D eigenvalue weighted by atomic mass is 10.1. The fourth-order valence-corrected chi connectivity index (χ4v) is 3.30. The molecule has 0 spiro atoms. The zero-order valence-electron chi connectivity index (χ0n) is 16.7. The Kier molecular flexibility index (Phi) is 4.99. The van der Waals surface area contributed by atoms with Gasteiger partial charge in [-0.2, -0.15) is 5.10 Å². The van der Waals surface area contributed by atoms with Crippen molar-refractivity contribution in [3.63, 3.8) is 0 Å². The molecule has 2 heterocycles. The molecule has 0 atom stereocenters. The highest BCUT2D eigenvalue weighted by atomic mass is 16.1. The first-order chi connectivity index (χ1) is 14.0. The SMILES string of the molecule is Cc1ccc(Cn2nc(C)c(/C=C/C(=O)Nc3nc4ccccc4[nH]3)c2C)cc1. The number of benzene rings is 2. The third-order valence-corrected chi connectivity index (χ3v) is 4.92. The quantitative estimate of drug-likeness (QED) is 0.501. The summed E-state index contributed by atoms with van der Waals surface area (Å²) in [4.78, 5) is 19.8. The lowest BCUT2D eigenvalue weighted by Gasteiger charge is -2.05. The molecule has 4 aromatic rings. The average Bonchev–Trinajstić information content (AvgIpc) is 3.22. The van der Waals surface area contributed by atoms with Crippen molar-refractivity contribution in [2.24, 2.45) is 0 Å². The number of anilines is 1. The number of aromatic amines is 1. The van der Waals surface area contributed by atoms with Crippen molar-refractivity contribution in [2.45, 2.75) is 27.3 Å². The molecule has 146 valence electrons. The van der Waals surface area contributed by atoms with E-state index in [4.69, 9.17) is 0 Å². The van der Waals surface area contributed by atoms with Gasteiger partial charge in [0.15, 0.2) is 0 Å². The summed E-state index contributed by atoms with van der Waals surface area (Å²) < 4.78 is 1.97. The molecular weight excluding hydrogens is 362 g/mol. The van der Waals surface area contributed by atoms with Gasteiger partial charge in [-0.3, -0.25) is 14.8 Å². The number of imidazole rings is 1. The van der Waals surface area contributed by atoms with Crippen molar-refractivity contribution in [1.29, 1.82) is 0 Å². The van der Waals surface area contributed by atoms with E-state index in [-0.39, 0.29) is 5.91 Å². The minimum absolute atomic E-state index is 0.242. The topological polar surface area (TPSA) is 75.6 Å². The molecule has 29 heavy (non-hydrogen) atoms. The molecule has 0 radical (unpaired) electrons. The predicted octanol–water partition coefficient (Wildman–Crippen LogP) is 4.38. The van der Waals surface area contributed by atoms with Gasteiger partial charge in [0.05, 0.1) is 23.3 Å². The van der Waals surface area contributed by atoms with Gasteiger partial charge in [0.2, 0.25) is 5.95 Å². The lowest BCUT2D eigenvalue weighted by molar-refractivity contribution is -0.111. The number of fused-ring (bicyclic) bond motifs is 1. The number of carbonyl (C=O) groups is 1. The highest BCUT2D eigenvalue weighted by molar-refractivity contribution is 6.01. The normalized spacial score (nSPS) is 11.4. The Labute approximate surface area is 169 Å². The van der Waals surface area contributed by atoms with E-state index in [2.05, 4.69) is 51.6 Å². The molecule has 6 heteroatoms. The van der Waals surface area contributed by atoms with Crippen LogP contribution in [0.25, 0.3) is 17.1 Å². The van der Waals surface area contributed by atoms with Gasteiger partial charge in [-0.1, -0.05) is 42.0 Å². The van der Waals surface area contributed by atoms with E-state index >= 15 is 0 Å². The van der Waals surface area contributed by atoms with Crippen LogP contribution in [0.1, 0.15) is 28.1 Å². The van der Waals surface area contributed by atoms with Crippen molar-refractivity contribution >= 4 is 29.0 Å². The second kappa shape index (κ2) is 7.75. The Hall–Kier alpha value is -3.67. The monoisotopic (exact) mass is 385 g/mol. The summed E-state index contributed by atoms with van der Waals surface area (Å²) in [6.45, 7) is 6.75. The predicted molar refractivity (Wildman–Crippen MR) is 116 cm³/mol. The number of H-pyrrole nitrogens is 1. The maximum Gasteiger partial charge on any atom is 0.250 e. The number of para-hydroxylation sites is 2. The van der Waals surface area contributed by atoms with Crippen LogP contribution in [0, 0.1) is 20.8 Å². The number of amides is 1. The summed E-state index contributed by atoms with van der Waals surface area (Å²) in [7, 11) is 0. The molecule has 0 saturated carbocycles. The minimum Gasteiger partial charge on any atom is -0.324 e. The zero-order valence-corrected chi connectivity index (χ0v) is 16.7. The van der Waals surface area contributed by atoms with Crippen molar-refractivity contribution in [3.05, 3.63) is 82.7 Å². The maximum atomic E-state index is 12.3. The summed E-state index contributed by atoms with van der Waals surface area (Å²) >= 11 is 0. The third-order valence-electron chi connectivity index (χ3n) is 4.92. The summed E-state index contributed by atoms with van der Waals surface area (Å²) in [6, 6.07) is 16.1. The molecule has 2 N–H and O–H groups in total. The van der Waals surface area contributed by atoms with E-state index in [0.717, 1.165) is 28.0 Å². The smallest absolute Gasteiger partial charge is 0.250 e. The molecular formula is C23H23N5O. The third kappa shape index (κ3) is 4.11. The molecule has 4 rings (SSSR count). The van der Waals surface area contributed by atoms with Crippen molar-refractivity contribution in [1.82, 2.24) is 19.7 Å². The number of nitrogens with one attached hydrogen (secondary N) is 2. The van der Waals surface area contributed by atoms with Crippen LogP contribution in [0.3, 0.4) is 0 Å². The van der Waals surface area contributed by atoms with Crippen LogP contribution in [0.2, 0.25) is 0 Å². The molecule has 0 saturated heterocycles. The van der Waals surface area contributed by atoms with Gasteiger partial charge in [0.1, 0.15) is 0 Å². The van der Waals surface area contributed by atoms with E-state index in [9.17, 15) is 4.79 Å². The van der Waals surface area contributed by atoms with E-state index in [1.807, 2.05) is 42.8 Å². The standard InChI is InChI=1S/C23H23N5O/c1-15-8-10-18(11-9-15)14-28-17(3)19(16(2)27-28)12-13-22(29)26-23-24-20-6-4-5-7-21(20)25-23/h4-13H,14H2,1-3H3,(H2,24,25,26,29)/b13-12+. The van der Waals surface area contributed by atoms with E-state index in [0.29, 0.717) is 12.5 Å². The molecule has 1 amide bonds. The van der Waals surface area contributed by atoms with E-state index in [1.54, 1.807) is 6.08 Å². The Bertz CT molecular complexity index is 1160. The van der Waals surface area contributed by atoms with E-state index < -0.39 is 0 Å². The van der Waals surface area contributed by atoms with Gasteiger partial charge in [0, 0.05) is 17.3 Å². The molecule has 0 fully saturated rings. The summed E-state index contributed by atoms with van der Waals surface area (Å²) in [5.41, 5.74) is 7.00. The number of rotatable bonds is 5. The summed E-state index contributed by atoms with van der Waals surface area (Å²) in [5, 5.41) is 7.41. The van der Waals surface area contributed by atoms with Gasteiger partial charge in [-0.25, -0.2) is 4.98 Å². The second-order valence-corrected chi connectivity index (χ2v) is 7.15. The first-order valence-corrected chi connectivity index (χ1v) is 9.53. The van der Waals surface area contributed by atoms with Gasteiger partial charge in [-0.05, 0) is 44.5 Å². The number of hydrogen-bond acceptors (Lipinski definition) is 3.